The highest BCUT2D eigenvalue weighted by Gasteiger charge is 2.45. The van der Waals surface area contributed by atoms with Gasteiger partial charge in [0.05, 0.1) is 44.7 Å². The standard InChI is InChI=1S/C29H37N13O16P2/c1-11-35-23-21(25(45)36-11)32-8-40(23)18-2-13(44)16(56-18)6-54-60(50,51)58-14-4-20(42-10-34-27(30)39-29(42)47)57-17(14)7-53-59(48,49)52-5-15-12(43)3-19(55-15)41-9-33-22-24(41)37-28(31)38-26(22)46/h8-10,12-20,43-44H,2-7H2,1H3,(H,48,49)(H,50,51)(H2,30,39,47)(H,35,36,45)(H3,31,37,38,46)/t12?,13-,14-,15-,16-,17-,18-,19-,20-/m1/s1. The van der Waals surface area contributed by atoms with E-state index in [0.29, 0.717) is 5.82 Å². The summed E-state index contributed by atoms with van der Waals surface area (Å²) in [5.41, 5.74) is 9.46. The van der Waals surface area contributed by atoms with Gasteiger partial charge in [-0.3, -0.25) is 46.4 Å². The van der Waals surface area contributed by atoms with Crippen molar-refractivity contribution < 1.29 is 61.4 Å². The minimum absolute atomic E-state index is 0.0215. The van der Waals surface area contributed by atoms with Crippen molar-refractivity contribution in [1.82, 2.24) is 53.6 Å². The van der Waals surface area contributed by atoms with Crippen molar-refractivity contribution in [3.63, 3.8) is 0 Å². The summed E-state index contributed by atoms with van der Waals surface area (Å²) < 4.78 is 68.4. The van der Waals surface area contributed by atoms with Crippen LogP contribution in [0.25, 0.3) is 22.3 Å². The number of phosphoric ester groups is 2. The molecule has 0 bridgehead atoms. The van der Waals surface area contributed by atoms with Gasteiger partial charge in [0.2, 0.25) is 11.9 Å². The lowest BCUT2D eigenvalue weighted by Gasteiger charge is -2.23. The summed E-state index contributed by atoms with van der Waals surface area (Å²) in [4.78, 5) is 86.9. The molecular weight excluding hydrogens is 848 g/mol. The van der Waals surface area contributed by atoms with E-state index >= 15 is 0 Å². The Balaban J connectivity index is 0.899. The number of anilines is 2. The molecule has 3 aliphatic heterocycles. The number of nitrogens with two attached hydrogens (primary N) is 2. The molecule has 5 aromatic heterocycles. The molecule has 3 fully saturated rings. The zero-order valence-electron chi connectivity index (χ0n) is 30.9. The number of hydrogen-bond acceptors (Lipinski definition) is 22. The van der Waals surface area contributed by atoms with Crippen LogP contribution in [0.5, 0.6) is 0 Å². The molecule has 0 radical (unpaired) electrons. The molecule has 31 heteroatoms. The number of aliphatic hydroxyl groups is 2. The molecule has 324 valence electrons. The maximum Gasteiger partial charge on any atom is 0.472 e. The molecular formula is C29H37N13O16P2. The van der Waals surface area contributed by atoms with Crippen LogP contribution in [0.15, 0.2) is 33.4 Å². The van der Waals surface area contributed by atoms with Crippen LogP contribution in [0.1, 0.15) is 43.8 Å². The van der Waals surface area contributed by atoms with E-state index in [0.717, 1.165) is 10.9 Å². The fourth-order valence-electron chi connectivity index (χ4n) is 6.90. The summed E-state index contributed by atoms with van der Waals surface area (Å²) >= 11 is 0. The number of imidazole rings is 2. The van der Waals surface area contributed by atoms with Crippen molar-refractivity contribution in [1.29, 1.82) is 0 Å². The lowest BCUT2D eigenvalue weighted by molar-refractivity contribution is -0.0613. The highest BCUT2D eigenvalue weighted by molar-refractivity contribution is 7.47. The smallest absolute Gasteiger partial charge is 0.390 e. The number of ether oxygens (including phenoxy) is 3. The van der Waals surface area contributed by atoms with E-state index in [1.54, 1.807) is 6.92 Å². The second kappa shape index (κ2) is 16.2. The Bertz CT molecular complexity index is 2690. The van der Waals surface area contributed by atoms with Crippen LogP contribution in [0.3, 0.4) is 0 Å². The second-order valence-corrected chi connectivity index (χ2v) is 16.7. The predicted octanol–water partition coefficient (Wildman–Crippen LogP) is -2.40. The Morgan fingerprint density at radius 2 is 1.22 bits per heavy atom. The van der Waals surface area contributed by atoms with Crippen molar-refractivity contribution in [2.45, 2.75) is 81.5 Å². The molecule has 8 rings (SSSR count). The van der Waals surface area contributed by atoms with Crippen molar-refractivity contribution in [2.75, 3.05) is 31.3 Å². The van der Waals surface area contributed by atoms with Gasteiger partial charge in [0.1, 0.15) is 55.3 Å². The number of phosphoric acid groups is 2. The Morgan fingerprint density at radius 3 is 1.82 bits per heavy atom. The highest BCUT2D eigenvalue weighted by atomic mass is 31.2. The van der Waals surface area contributed by atoms with Gasteiger partial charge in [-0.15, -0.1) is 0 Å². The third-order valence-electron chi connectivity index (χ3n) is 9.74. The van der Waals surface area contributed by atoms with Gasteiger partial charge < -0.3 is 50.7 Å². The number of H-pyrrole nitrogens is 2. The molecule has 0 amide bonds. The lowest BCUT2D eigenvalue weighted by atomic mass is 10.2. The summed E-state index contributed by atoms with van der Waals surface area (Å²) in [5.74, 6) is -0.206. The Kier molecular flexibility index (Phi) is 11.3. The summed E-state index contributed by atoms with van der Waals surface area (Å²) in [6.45, 7) is -0.572. The van der Waals surface area contributed by atoms with Crippen LogP contribution in [-0.4, -0.2) is 130 Å². The molecule has 0 aromatic carbocycles. The SMILES string of the molecule is Cc1nc2c(ncn2[C@H]2C[C@@H](O)[C@@H](COP(=O)(O)O[C@@H]3C[C@H](n4cnc(N)nc4=O)O[C@@H]3COP(=O)(O)OC[C@H]3O[C@@H](n4cnc5c(=O)[nH]c(N)nc54)CC3O)O2)c(=O)[nH]1. The Hall–Kier alpha value is -4.87. The molecule has 29 nitrogen and oxygen atoms in total. The molecule has 5 aromatic rings. The minimum atomic E-state index is -5.06. The summed E-state index contributed by atoms with van der Waals surface area (Å²) in [6.07, 6.45) is -7.53. The van der Waals surface area contributed by atoms with Crippen LogP contribution in [0.4, 0.5) is 11.9 Å². The molecule has 3 unspecified atom stereocenters. The number of aromatic nitrogens is 11. The topological polar surface area (TPSA) is 407 Å². The Labute approximate surface area is 333 Å². The highest BCUT2D eigenvalue weighted by Crippen LogP contribution is 2.50. The average Bonchev–Trinajstić information content (AvgIpc) is 4.00. The molecule has 10 N–H and O–H groups in total. The lowest BCUT2D eigenvalue weighted by Crippen LogP contribution is -2.30. The van der Waals surface area contributed by atoms with Gasteiger partial charge in [-0.1, -0.05) is 0 Å². The average molecular weight is 886 g/mol. The van der Waals surface area contributed by atoms with E-state index in [-0.39, 0.29) is 53.5 Å². The summed E-state index contributed by atoms with van der Waals surface area (Å²) in [5, 5.41) is 21.4. The normalized spacial score (nSPS) is 29.1. The number of rotatable bonds is 14. The largest absolute Gasteiger partial charge is 0.472 e. The van der Waals surface area contributed by atoms with E-state index in [2.05, 4.69) is 39.9 Å². The number of hydrogen-bond donors (Lipinski definition) is 8. The van der Waals surface area contributed by atoms with Crippen molar-refractivity contribution >= 4 is 49.9 Å². The van der Waals surface area contributed by atoms with Crippen molar-refractivity contribution in [3.8, 4) is 0 Å². The maximum absolute atomic E-state index is 13.3. The molecule has 0 aliphatic carbocycles. The Morgan fingerprint density at radius 1 is 0.717 bits per heavy atom. The van der Waals surface area contributed by atoms with Gasteiger partial charge in [0.25, 0.3) is 11.1 Å². The molecule has 3 aliphatic rings. The molecule has 60 heavy (non-hydrogen) atoms. The van der Waals surface area contributed by atoms with Crippen LogP contribution < -0.4 is 28.3 Å². The van der Waals surface area contributed by atoms with Crippen molar-refractivity contribution in [2.24, 2.45) is 0 Å². The predicted molar refractivity (Wildman–Crippen MR) is 196 cm³/mol. The van der Waals surface area contributed by atoms with E-state index in [4.69, 9.17) is 43.8 Å². The quantitative estimate of drug-likeness (QED) is 0.0539. The zero-order valence-corrected chi connectivity index (χ0v) is 32.7. The zero-order chi connectivity index (χ0) is 42.7. The number of aromatic amines is 2. The van der Waals surface area contributed by atoms with Gasteiger partial charge in [-0.25, -0.2) is 33.9 Å². The number of fused-ring (bicyclic) bond motifs is 2. The van der Waals surface area contributed by atoms with E-state index < -0.39 is 108 Å². The minimum Gasteiger partial charge on any atom is -0.390 e. The van der Waals surface area contributed by atoms with Gasteiger partial charge >= 0.3 is 21.3 Å². The monoisotopic (exact) mass is 885 g/mol. The molecule has 0 spiro atoms. The first-order valence-corrected chi connectivity index (χ1v) is 20.9. The first-order valence-electron chi connectivity index (χ1n) is 17.9. The van der Waals surface area contributed by atoms with Gasteiger partial charge in [0, 0.05) is 19.3 Å². The van der Waals surface area contributed by atoms with Gasteiger partial charge in [-0.2, -0.15) is 9.97 Å². The molecule has 8 heterocycles. The number of aryl methyl sites for hydroxylation is 1. The fraction of sp³-hybridized carbons (Fsp3) is 0.552. The van der Waals surface area contributed by atoms with Gasteiger partial charge in [0.15, 0.2) is 22.3 Å². The first kappa shape index (κ1) is 41.8. The first-order chi connectivity index (χ1) is 28.4. The molecule has 3 saturated heterocycles. The number of nitrogens with zero attached hydrogens (tertiary/aromatic N) is 9. The third-order valence-corrected chi connectivity index (χ3v) is 11.7. The van der Waals surface area contributed by atoms with Crippen molar-refractivity contribution in [3.05, 3.63) is 56.0 Å². The number of nitrogen functional groups attached to an aromatic ring is 2. The second-order valence-electron chi connectivity index (χ2n) is 13.9. The van der Waals surface area contributed by atoms with E-state index in [1.807, 2.05) is 0 Å². The number of aliphatic hydroxyl groups excluding tert-OH is 2. The van der Waals surface area contributed by atoms with Gasteiger partial charge in [-0.05, 0) is 6.92 Å². The van der Waals surface area contributed by atoms with E-state index in [1.165, 1.54) is 21.8 Å². The van der Waals surface area contributed by atoms with Crippen LogP contribution in [0.2, 0.25) is 0 Å². The summed E-state index contributed by atoms with van der Waals surface area (Å²) in [6, 6.07) is 0. The van der Waals surface area contributed by atoms with Crippen LogP contribution in [0, 0.1) is 6.92 Å². The summed E-state index contributed by atoms with van der Waals surface area (Å²) in [7, 11) is -10.1. The molecule has 11 atom stereocenters. The van der Waals surface area contributed by atoms with Crippen LogP contribution in [-0.2, 0) is 41.4 Å². The third kappa shape index (κ3) is 8.66. The van der Waals surface area contributed by atoms with Crippen LogP contribution >= 0.6 is 15.6 Å². The fourth-order valence-corrected chi connectivity index (χ4v) is 8.60. The molecule has 0 saturated carbocycles. The number of nitrogens with one attached hydrogen (secondary N) is 2. The maximum atomic E-state index is 13.3. The van der Waals surface area contributed by atoms with E-state index in [9.17, 15) is 43.5 Å².